The Balaban J connectivity index is 1.35. The fourth-order valence-electron chi connectivity index (χ4n) is 4.51. The second-order valence-corrected chi connectivity index (χ2v) is 10.6. The second-order valence-electron chi connectivity index (χ2n) is 10.6. The number of hydrogen-bond acceptors (Lipinski definition) is 5. The molecule has 178 valence electrons. The van der Waals surface area contributed by atoms with Crippen LogP contribution in [-0.2, 0) is 16.7 Å². The van der Waals surface area contributed by atoms with Crippen molar-refractivity contribution in [3.05, 3.63) is 41.3 Å². The van der Waals surface area contributed by atoms with Crippen LogP contribution in [0.1, 0.15) is 69.9 Å². The minimum atomic E-state index is -0.456. The molecule has 1 N–H and O–H groups in total. The van der Waals surface area contributed by atoms with Crippen LogP contribution >= 0.6 is 0 Å². The number of nitrogens with one attached hydrogen (secondary N) is 1. The van der Waals surface area contributed by atoms with Crippen LogP contribution < -0.4 is 4.90 Å². The average Bonchev–Trinajstić information content (AvgIpc) is 3.59. The van der Waals surface area contributed by atoms with Crippen LogP contribution in [0, 0.1) is 24.2 Å². The van der Waals surface area contributed by atoms with E-state index in [9.17, 15) is 10.1 Å². The Morgan fingerprint density at radius 3 is 2.42 bits per heavy atom. The number of nitriles is 1. The van der Waals surface area contributed by atoms with E-state index in [1.54, 1.807) is 0 Å². The quantitative estimate of drug-likeness (QED) is 0.598. The topological polar surface area (TPSA) is 85.5 Å². The zero-order chi connectivity index (χ0) is 23.6. The highest BCUT2D eigenvalue weighted by molar-refractivity contribution is 5.68. The standard InChI is InChI=1S/C26H36N4O3/c1-19-23(28-33-19)17-30(22-7-5-21(6-8-22)26(18-27)12-13-26)16-11-20-9-14-29(15-10-20)24(31)32-25(2,3)4/h5-8,20,28H,9-17H2,1-4H3. The number of anilines is 1. The third-order valence-electron chi connectivity index (χ3n) is 6.92. The van der Waals surface area contributed by atoms with Crippen molar-refractivity contribution in [2.24, 2.45) is 5.92 Å². The minimum Gasteiger partial charge on any atom is -0.444 e. The third-order valence-corrected chi connectivity index (χ3v) is 6.92. The molecule has 7 heteroatoms. The van der Waals surface area contributed by atoms with E-state index in [0.717, 1.165) is 81.0 Å². The number of aromatic nitrogens is 1. The predicted octanol–water partition coefficient (Wildman–Crippen LogP) is 5.52. The molecule has 1 saturated heterocycles. The normalized spacial score (nSPS) is 18.1. The number of carbonyl (C=O) groups is 1. The van der Waals surface area contributed by atoms with Gasteiger partial charge in [0, 0.05) is 25.3 Å². The summed E-state index contributed by atoms with van der Waals surface area (Å²) >= 11 is 0. The van der Waals surface area contributed by atoms with Gasteiger partial charge >= 0.3 is 6.09 Å². The number of likely N-dealkylation sites (tertiary alicyclic amines) is 1. The van der Waals surface area contributed by atoms with Crippen LogP contribution in [0.4, 0.5) is 10.5 Å². The molecule has 2 aromatic rings. The van der Waals surface area contributed by atoms with Crippen molar-refractivity contribution in [2.45, 2.75) is 77.4 Å². The van der Waals surface area contributed by atoms with Crippen LogP contribution in [0.3, 0.4) is 0 Å². The molecule has 0 spiro atoms. The maximum atomic E-state index is 12.3. The van der Waals surface area contributed by atoms with E-state index in [1.807, 2.05) is 32.6 Å². The highest BCUT2D eigenvalue weighted by Gasteiger charge is 2.44. The molecule has 1 aromatic carbocycles. The van der Waals surface area contributed by atoms with Crippen LogP contribution in [0.15, 0.2) is 28.8 Å². The number of aryl methyl sites for hydroxylation is 1. The van der Waals surface area contributed by atoms with Gasteiger partial charge < -0.3 is 19.1 Å². The predicted molar refractivity (Wildman–Crippen MR) is 127 cm³/mol. The van der Waals surface area contributed by atoms with Gasteiger partial charge in [-0.3, -0.25) is 0 Å². The fraction of sp³-hybridized carbons (Fsp3) is 0.615. The van der Waals surface area contributed by atoms with Crippen LogP contribution in [0.25, 0.3) is 0 Å². The lowest BCUT2D eigenvalue weighted by atomic mass is 9.93. The van der Waals surface area contributed by atoms with Crippen molar-refractivity contribution >= 4 is 11.8 Å². The maximum absolute atomic E-state index is 12.3. The smallest absolute Gasteiger partial charge is 0.410 e. The van der Waals surface area contributed by atoms with Crippen molar-refractivity contribution in [1.29, 1.82) is 5.26 Å². The van der Waals surface area contributed by atoms with Gasteiger partial charge in [0.05, 0.1) is 18.0 Å². The zero-order valence-corrected chi connectivity index (χ0v) is 20.3. The first-order valence-corrected chi connectivity index (χ1v) is 12.1. The number of rotatable bonds is 7. The maximum Gasteiger partial charge on any atom is 0.410 e. The van der Waals surface area contributed by atoms with Gasteiger partial charge in [-0.1, -0.05) is 12.1 Å². The van der Waals surface area contributed by atoms with Crippen LogP contribution in [0.2, 0.25) is 0 Å². The number of piperidine rings is 1. The Labute approximate surface area is 196 Å². The second kappa shape index (κ2) is 9.17. The lowest BCUT2D eigenvalue weighted by molar-refractivity contribution is 0.0182. The average molecular weight is 453 g/mol. The molecule has 1 aliphatic carbocycles. The van der Waals surface area contributed by atoms with Crippen LogP contribution in [0.5, 0.6) is 0 Å². The summed E-state index contributed by atoms with van der Waals surface area (Å²) in [6.45, 7) is 10.9. The summed E-state index contributed by atoms with van der Waals surface area (Å²) in [6, 6.07) is 11.0. The number of H-pyrrole nitrogens is 1. The van der Waals surface area contributed by atoms with Gasteiger partial charge in [-0.25, -0.2) is 9.95 Å². The monoisotopic (exact) mass is 452 g/mol. The number of carbonyl (C=O) groups excluding carboxylic acids is 1. The molecule has 0 bridgehead atoms. The summed E-state index contributed by atoms with van der Waals surface area (Å²) in [6.07, 6.45) is 4.79. The number of ether oxygens (including phenoxy) is 1. The van der Waals surface area contributed by atoms with E-state index in [2.05, 4.69) is 40.4 Å². The third kappa shape index (κ3) is 5.55. The van der Waals surface area contributed by atoms with E-state index in [1.165, 1.54) is 0 Å². The summed E-state index contributed by atoms with van der Waals surface area (Å²) < 4.78 is 10.8. The minimum absolute atomic E-state index is 0.202. The fourth-order valence-corrected chi connectivity index (χ4v) is 4.51. The molecule has 1 aliphatic heterocycles. The SMILES string of the molecule is Cc1o[nH]c1CN(CCC1CCN(C(=O)OC(C)(C)C)CC1)c1ccc(C2(C#N)CC2)cc1. The first kappa shape index (κ1) is 23.3. The van der Waals surface area contributed by atoms with Gasteiger partial charge in [-0.05, 0) is 83.4 Å². The molecule has 4 rings (SSSR count). The molecule has 0 unspecified atom stereocenters. The molecule has 2 aliphatic rings. The van der Waals surface area contributed by atoms with E-state index >= 15 is 0 Å². The van der Waals surface area contributed by atoms with Gasteiger partial charge in [-0.15, -0.1) is 0 Å². The number of hydrogen-bond donors (Lipinski definition) is 1. The lowest BCUT2D eigenvalue weighted by Crippen LogP contribution is -2.42. The first-order chi connectivity index (χ1) is 15.7. The van der Waals surface area contributed by atoms with Gasteiger partial charge in [0.25, 0.3) is 0 Å². The number of aromatic amines is 1. The van der Waals surface area contributed by atoms with E-state index in [4.69, 9.17) is 9.26 Å². The Hall–Kier alpha value is -2.88. The van der Waals surface area contributed by atoms with Gasteiger partial charge in [0.1, 0.15) is 11.3 Å². The molecule has 2 fully saturated rings. The number of nitrogens with zero attached hydrogens (tertiary/aromatic N) is 3. The molecule has 7 nitrogen and oxygen atoms in total. The molecule has 1 aromatic heterocycles. The molecule has 1 amide bonds. The van der Waals surface area contributed by atoms with Gasteiger partial charge in [0.2, 0.25) is 0 Å². The number of benzene rings is 1. The molecule has 1 saturated carbocycles. The molecule has 0 radical (unpaired) electrons. The summed E-state index contributed by atoms with van der Waals surface area (Å²) in [5, 5.41) is 12.5. The first-order valence-electron chi connectivity index (χ1n) is 12.1. The van der Waals surface area contributed by atoms with E-state index in [0.29, 0.717) is 5.92 Å². The summed E-state index contributed by atoms with van der Waals surface area (Å²) in [4.78, 5) is 16.6. The van der Waals surface area contributed by atoms with Crippen molar-refractivity contribution in [1.82, 2.24) is 10.1 Å². The molecule has 0 atom stereocenters. The zero-order valence-electron chi connectivity index (χ0n) is 20.3. The summed E-state index contributed by atoms with van der Waals surface area (Å²) in [5.41, 5.74) is 2.68. The van der Waals surface area contributed by atoms with E-state index in [-0.39, 0.29) is 11.5 Å². The number of amides is 1. The summed E-state index contributed by atoms with van der Waals surface area (Å²) in [7, 11) is 0. The Morgan fingerprint density at radius 2 is 1.94 bits per heavy atom. The molecule has 2 heterocycles. The van der Waals surface area contributed by atoms with Crippen molar-refractivity contribution < 1.29 is 14.1 Å². The summed E-state index contributed by atoms with van der Waals surface area (Å²) in [5.74, 6) is 1.52. The molecule has 33 heavy (non-hydrogen) atoms. The van der Waals surface area contributed by atoms with Crippen molar-refractivity contribution in [3.8, 4) is 6.07 Å². The van der Waals surface area contributed by atoms with Crippen molar-refractivity contribution in [2.75, 3.05) is 24.5 Å². The Bertz CT molecular complexity index is 980. The van der Waals surface area contributed by atoms with Crippen molar-refractivity contribution in [3.63, 3.8) is 0 Å². The largest absolute Gasteiger partial charge is 0.444 e. The highest BCUT2D eigenvalue weighted by atomic mass is 16.6. The Morgan fingerprint density at radius 1 is 1.27 bits per heavy atom. The lowest BCUT2D eigenvalue weighted by Gasteiger charge is -2.34. The van der Waals surface area contributed by atoms with E-state index < -0.39 is 5.60 Å². The van der Waals surface area contributed by atoms with Gasteiger partial charge in [-0.2, -0.15) is 5.26 Å². The van der Waals surface area contributed by atoms with Gasteiger partial charge in [0.15, 0.2) is 5.76 Å². The Kier molecular flexibility index (Phi) is 6.47. The highest BCUT2D eigenvalue weighted by Crippen LogP contribution is 2.47. The molecular formula is C26H36N4O3. The molecular weight excluding hydrogens is 416 g/mol. The van der Waals surface area contributed by atoms with Crippen LogP contribution in [-0.4, -0.2) is 41.4 Å².